The highest BCUT2D eigenvalue weighted by atomic mass is 35.5. The molecule has 0 saturated heterocycles. The number of hydrogen-bond acceptors (Lipinski definition) is 3. The van der Waals surface area contributed by atoms with Crippen LogP contribution < -0.4 is 10.1 Å². The van der Waals surface area contributed by atoms with Crippen LogP contribution in [0.15, 0.2) is 36.4 Å². The Morgan fingerprint density at radius 1 is 1.06 bits per heavy atom. The number of rotatable bonds is 5. The van der Waals surface area contributed by atoms with Crippen LogP contribution in [0, 0.1) is 17.6 Å². The summed E-state index contributed by atoms with van der Waals surface area (Å²) in [6.07, 6.45) is 5.98. The lowest BCUT2D eigenvalue weighted by molar-refractivity contribution is -0.121. The molecule has 2 fully saturated rings. The minimum absolute atomic E-state index is 0.0461. The Labute approximate surface area is 186 Å². The van der Waals surface area contributed by atoms with Crippen LogP contribution in [0.3, 0.4) is 0 Å². The van der Waals surface area contributed by atoms with Gasteiger partial charge in [-0.2, -0.15) is 0 Å². The molecule has 3 atom stereocenters. The Morgan fingerprint density at radius 2 is 1.81 bits per heavy atom. The smallest absolute Gasteiger partial charge is 0.165 e. The molecule has 0 radical (unpaired) electrons. The molecule has 0 aromatic heterocycles. The van der Waals surface area contributed by atoms with Gasteiger partial charge in [-0.25, -0.2) is 8.78 Å². The van der Waals surface area contributed by atoms with Crippen LogP contribution in [0.2, 0.25) is 5.02 Å². The van der Waals surface area contributed by atoms with Gasteiger partial charge in [0.25, 0.3) is 0 Å². The van der Waals surface area contributed by atoms with E-state index in [1.807, 2.05) is 12.1 Å². The fourth-order valence-corrected chi connectivity index (χ4v) is 5.85. The summed E-state index contributed by atoms with van der Waals surface area (Å²) in [6, 6.07) is 9.75. The second kappa shape index (κ2) is 8.02. The van der Waals surface area contributed by atoms with Crippen LogP contribution in [-0.2, 0) is 11.8 Å². The maximum Gasteiger partial charge on any atom is 0.165 e. The summed E-state index contributed by atoms with van der Waals surface area (Å²) < 4.78 is 35.5. The largest absolute Gasteiger partial charge is 0.487 e. The van der Waals surface area contributed by atoms with Crippen LogP contribution in [0.5, 0.6) is 5.75 Å². The monoisotopic (exact) mass is 447 g/mol. The van der Waals surface area contributed by atoms with E-state index in [0.717, 1.165) is 30.7 Å². The first kappa shape index (κ1) is 21.2. The maximum atomic E-state index is 15.2. The van der Waals surface area contributed by atoms with Gasteiger partial charge in [-0.3, -0.25) is 0 Å². The molecule has 3 nitrogen and oxygen atoms in total. The highest BCUT2D eigenvalue weighted by molar-refractivity contribution is 6.30. The third kappa shape index (κ3) is 3.65. The number of hydrogen-bond donors (Lipinski definition) is 2. The molecule has 0 spiro atoms. The number of aliphatic hydroxyl groups is 1. The zero-order valence-corrected chi connectivity index (χ0v) is 18.2. The first-order chi connectivity index (χ1) is 14.9. The normalized spacial score (nSPS) is 30.1. The van der Waals surface area contributed by atoms with Gasteiger partial charge in [0.2, 0.25) is 0 Å². The minimum Gasteiger partial charge on any atom is -0.487 e. The molecule has 2 aromatic rings. The molecule has 1 heterocycles. The Bertz CT molecular complexity index is 965. The number of ether oxygens (including phenoxy) is 1. The molecule has 1 aliphatic heterocycles. The summed E-state index contributed by atoms with van der Waals surface area (Å²) in [5.74, 6) is -0.451. The van der Waals surface area contributed by atoms with Crippen molar-refractivity contribution in [3.05, 3.63) is 64.2 Å². The Balaban J connectivity index is 1.52. The van der Waals surface area contributed by atoms with Gasteiger partial charge >= 0.3 is 0 Å². The van der Waals surface area contributed by atoms with Gasteiger partial charge in [0.1, 0.15) is 18.0 Å². The molecule has 0 unspecified atom stereocenters. The van der Waals surface area contributed by atoms with Crippen molar-refractivity contribution in [2.75, 3.05) is 13.2 Å². The van der Waals surface area contributed by atoms with E-state index in [9.17, 15) is 9.50 Å². The third-order valence-corrected chi connectivity index (χ3v) is 7.98. The van der Waals surface area contributed by atoms with Gasteiger partial charge in [0.05, 0.1) is 0 Å². The average molecular weight is 448 g/mol. The van der Waals surface area contributed by atoms with E-state index in [0.29, 0.717) is 30.2 Å². The van der Waals surface area contributed by atoms with E-state index in [1.165, 1.54) is 19.3 Å². The summed E-state index contributed by atoms with van der Waals surface area (Å²) in [6.45, 7) is 0.904. The molecule has 31 heavy (non-hydrogen) atoms. The molecule has 3 aliphatic rings. The van der Waals surface area contributed by atoms with Gasteiger partial charge in [-0.15, -0.1) is 0 Å². The summed E-state index contributed by atoms with van der Waals surface area (Å²) in [5.41, 5.74) is -1.16. The highest BCUT2D eigenvalue weighted by Gasteiger charge is 2.60. The van der Waals surface area contributed by atoms with Gasteiger partial charge in [0.15, 0.2) is 11.6 Å². The zero-order chi connectivity index (χ0) is 21.6. The van der Waals surface area contributed by atoms with Crippen molar-refractivity contribution >= 4 is 11.6 Å². The van der Waals surface area contributed by atoms with E-state index < -0.39 is 22.7 Å². The van der Waals surface area contributed by atoms with E-state index in [-0.39, 0.29) is 24.0 Å². The molecular weight excluding hydrogens is 420 g/mol. The predicted molar refractivity (Wildman–Crippen MR) is 117 cm³/mol. The van der Waals surface area contributed by atoms with Gasteiger partial charge in [0, 0.05) is 22.0 Å². The third-order valence-electron chi connectivity index (χ3n) is 7.73. The summed E-state index contributed by atoms with van der Waals surface area (Å²) >= 11 is 6.05. The van der Waals surface area contributed by atoms with E-state index >= 15 is 4.39 Å². The van der Waals surface area contributed by atoms with Crippen molar-refractivity contribution in [1.29, 1.82) is 0 Å². The SMILES string of the molecule is O[C@@]12COc3c(F)ccc(F)c3[C@]1(Cc1ccc(Cl)cc1)CC[C@@H](NCC1CCC1)C2. The van der Waals surface area contributed by atoms with Crippen LogP contribution in [0.25, 0.3) is 0 Å². The second-order valence-electron chi connectivity index (χ2n) is 9.58. The predicted octanol–water partition coefficient (Wildman–Crippen LogP) is 5.16. The standard InChI is InChI=1S/C25H28ClF2NO2/c26-18-6-4-16(5-7-18)12-24-11-10-19(29-14-17-2-1-3-17)13-25(24,30)15-31-23-21(28)9-8-20(27)22(23)24/h4-9,17,19,29-30H,1-3,10-15H2/t19-,24-,25+/m1/s1. The quantitative estimate of drug-likeness (QED) is 0.664. The van der Waals surface area contributed by atoms with Crippen molar-refractivity contribution in [2.45, 2.75) is 62.0 Å². The van der Waals surface area contributed by atoms with Crippen molar-refractivity contribution in [3.8, 4) is 5.75 Å². The Hall–Kier alpha value is -1.69. The fraction of sp³-hybridized carbons (Fsp3) is 0.520. The first-order valence-corrected chi connectivity index (χ1v) is 11.6. The molecule has 2 aliphatic carbocycles. The van der Waals surface area contributed by atoms with Gasteiger partial charge in [-0.05, 0) is 80.8 Å². The lowest BCUT2D eigenvalue weighted by Crippen LogP contribution is -2.65. The molecule has 0 bridgehead atoms. The van der Waals surface area contributed by atoms with E-state index in [2.05, 4.69) is 5.32 Å². The molecule has 5 rings (SSSR count). The number of nitrogens with one attached hydrogen (secondary N) is 1. The fourth-order valence-electron chi connectivity index (χ4n) is 5.72. The summed E-state index contributed by atoms with van der Waals surface area (Å²) in [5, 5.41) is 16.2. The highest BCUT2D eigenvalue weighted by Crippen LogP contribution is 2.55. The average Bonchev–Trinajstić information content (AvgIpc) is 2.71. The van der Waals surface area contributed by atoms with Crippen molar-refractivity contribution in [3.63, 3.8) is 0 Å². The maximum absolute atomic E-state index is 15.2. The Kier molecular flexibility index (Phi) is 5.48. The molecular formula is C25H28ClF2NO2. The molecule has 2 saturated carbocycles. The topological polar surface area (TPSA) is 41.5 Å². The molecule has 166 valence electrons. The summed E-state index contributed by atoms with van der Waals surface area (Å²) in [7, 11) is 0. The zero-order valence-electron chi connectivity index (χ0n) is 17.5. The minimum atomic E-state index is -1.30. The molecule has 2 aromatic carbocycles. The van der Waals surface area contributed by atoms with E-state index in [4.69, 9.17) is 16.3 Å². The molecule has 6 heteroatoms. The lowest BCUT2D eigenvalue weighted by atomic mass is 9.55. The van der Waals surface area contributed by atoms with E-state index in [1.54, 1.807) is 12.1 Å². The van der Waals surface area contributed by atoms with Crippen LogP contribution >= 0.6 is 11.6 Å². The van der Waals surface area contributed by atoms with Crippen molar-refractivity contribution in [2.24, 2.45) is 5.92 Å². The lowest BCUT2D eigenvalue weighted by Gasteiger charge is -2.55. The summed E-state index contributed by atoms with van der Waals surface area (Å²) in [4.78, 5) is 0. The number of benzene rings is 2. The second-order valence-corrected chi connectivity index (χ2v) is 10.0. The van der Waals surface area contributed by atoms with Crippen LogP contribution in [0.1, 0.15) is 49.7 Å². The van der Waals surface area contributed by atoms with Crippen molar-refractivity contribution < 1.29 is 18.6 Å². The van der Waals surface area contributed by atoms with Gasteiger partial charge < -0.3 is 15.2 Å². The first-order valence-electron chi connectivity index (χ1n) is 11.2. The molecule has 0 amide bonds. The molecule has 2 N–H and O–H groups in total. The van der Waals surface area contributed by atoms with Gasteiger partial charge in [-0.1, -0.05) is 30.2 Å². The Morgan fingerprint density at radius 3 is 2.52 bits per heavy atom. The van der Waals surface area contributed by atoms with Crippen molar-refractivity contribution in [1.82, 2.24) is 5.32 Å². The number of halogens is 3. The van der Waals surface area contributed by atoms with Crippen LogP contribution in [-0.4, -0.2) is 29.9 Å². The van der Waals surface area contributed by atoms with Crippen LogP contribution in [0.4, 0.5) is 8.78 Å². The number of fused-ring (bicyclic) bond motifs is 3.